The molecule has 1 aromatic heterocycles. The van der Waals surface area contributed by atoms with Crippen molar-refractivity contribution in [1.82, 2.24) is 9.55 Å². The molecule has 1 heterocycles. The molecule has 0 unspecified atom stereocenters. The predicted molar refractivity (Wildman–Crippen MR) is 94.5 cm³/mol. The molecule has 0 radical (unpaired) electrons. The van der Waals surface area contributed by atoms with Crippen LogP contribution in [0.15, 0.2) is 67.3 Å². The standard InChI is InChI=1S/C20H17FN2O2/c21-19-6-4-16(5-7-19)17(8-10-23-11-9-22-14-23)12-15-2-1-3-18(13-15)20(24)25/h1-7,9,11-14H,8,10H2,(H,24,25)/b17-12-. The minimum Gasteiger partial charge on any atom is -0.478 e. The van der Waals surface area contributed by atoms with Crippen LogP contribution in [0, 0.1) is 5.82 Å². The van der Waals surface area contributed by atoms with E-state index in [0.717, 1.165) is 23.2 Å². The lowest BCUT2D eigenvalue weighted by Crippen LogP contribution is -1.98. The van der Waals surface area contributed by atoms with Crippen molar-refractivity contribution in [3.05, 3.63) is 89.8 Å². The summed E-state index contributed by atoms with van der Waals surface area (Å²) in [7, 11) is 0. The molecular formula is C20H17FN2O2. The third-order valence-electron chi connectivity index (χ3n) is 3.89. The number of halogens is 1. The van der Waals surface area contributed by atoms with Gasteiger partial charge in [-0.1, -0.05) is 30.3 Å². The highest BCUT2D eigenvalue weighted by Gasteiger charge is 2.06. The van der Waals surface area contributed by atoms with Crippen molar-refractivity contribution in [3.8, 4) is 0 Å². The van der Waals surface area contributed by atoms with E-state index in [2.05, 4.69) is 4.98 Å². The molecule has 0 aliphatic carbocycles. The number of aromatic nitrogens is 2. The van der Waals surface area contributed by atoms with Gasteiger partial charge in [0.1, 0.15) is 5.82 Å². The maximum Gasteiger partial charge on any atom is 0.335 e. The molecule has 0 atom stereocenters. The van der Waals surface area contributed by atoms with Crippen LogP contribution < -0.4 is 0 Å². The van der Waals surface area contributed by atoms with E-state index in [0.29, 0.717) is 6.42 Å². The molecule has 1 N–H and O–H groups in total. The second kappa shape index (κ2) is 7.57. The van der Waals surface area contributed by atoms with Crippen LogP contribution in [-0.4, -0.2) is 20.6 Å². The summed E-state index contributed by atoms with van der Waals surface area (Å²) in [6, 6.07) is 13.1. The summed E-state index contributed by atoms with van der Waals surface area (Å²) in [5.74, 6) is -1.25. The molecule has 0 saturated carbocycles. The van der Waals surface area contributed by atoms with Crippen LogP contribution in [0.5, 0.6) is 0 Å². The first kappa shape index (κ1) is 16.6. The van der Waals surface area contributed by atoms with E-state index < -0.39 is 5.97 Å². The van der Waals surface area contributed by atoms with Crippen molar-refractivity contribution >= 4 is 17.6 Å². The molecule has 0 fully saturated rings. The zero-order valence-corrected chi connectivity index (χ0v) is 13.5. The number of carbonyl (C=O) groups is 1. The lowest BCUT2D eigenvalue weighted by Gasteiger charge is -2.10. The predicted octanol–water partition coefficient (Wildman–Crippen LogP) is 4.35. The number of hydrogen-bond acceptors (Lipinski definition) is 2. The molecule has 0 aliphatic rings. The number of aryl methyl sites for hydroxylation is 1. The molecule has 2 aromatic carbocycles. The molecular weight excluding hydrogens is 319 g/mol. The van der Waals surface area contributed by atoms with Crippen LogP contribution in [-0.2, 0) is 6.54 Å². The van der Waals surface area contributed by atoms with Crippen LogP contribution in [0.1, 0.15) is 27.9 Å². The molecule has 0 aliphatic heterocycles. The first-order valence-electron chi connectivity index (χ1n) is 7.87. The Bertz CT molecular complexity index is 884. The summed E-state index contributed by atoms with van der Waals surface area (Å²) in [5, 5.41) is 9.15. The zero-order chi connectivity index (χ0) is 17.6. The van der Waals surface area contributed by atoms with Crippen molar-refractivity contribution < 1.29 is 14.3 Å². The average molecular weight is 336 g/mol. The number of imidazole rings is 1. The molecule has 25 heavy (non-hydrogen) atoms. The number of carboxylic acids is 1. The third-order valence-corrected chi connectivity index (χ3v) is 3.89. The summed E-state index contributed by atoms with van der Waals surface area (Å²) in [6.07, 6.45) is 7.99. The monoisotopic (exact) mass is 336 g/mol. The quantitative estimate of drug-likeness (QED) is 0.681. The third kappa shape index (κ3) is 4.41. The van der Waals surface area contributed by atoms with Crippen molar-refractivity contribution in [1.29, 1.82) is 0 Å². The summed E-state index contributed by atoms with van der Waals surface area (Å²) >= 11 is 0. The summed E-state index contributed by atoms with van der Waals surface area (Å²) in [6.45, 7) is 0.724. The van der Waals surface area contributed by atoms with E-state index in [1.54, 1.807) is 42.9 Å². The van der Waals surface area contributed by atoms with E-state index in [9.17, 15) is 9.18 Å². The smallest absolute Gasteiger partial charge is 0.335 e. The number of aromatic carboxylic acids is 1. The van der Waals surface area contributed by atoms with Gasteiger partial charge >= 0.3 is 5.97 Å². The van der Waals surface area contributed by atoms with Crippen molar-refractivity contribution in [3.63, 3.8) is 0 Å². The zero-order valence-electron chi connectivity index (χ0n) is 13.5. The van der Waals surface area contributed by atoms with Crippen LogP contribution in [0.25, 0.3) is 11.6 Å². The Hall–Kier alpha value is -3.21. The van der Waals surface area contributed by atoms with Gasteiger partial charge < -0.3 is 9.67 Å². The van der Waals surface area contributed by atoms with Gasteiger partial charge in [0.05, 0.1) is 11.9 Å². The minimum absolute atomic E-state index is 0.238. The maximum atomic E-state index is 13.2. The van der Waals surface area contributed by atoms with Crippen molar-refractivity contribution in [2.24, 2.45) is 0 Å². The van der Waals surface area contributed by atoms with Gasteiger partial charge in [0.25, 0.3) is 0 Å². The molecule has 5 heteroatoms. The number of nitrogens with zero attached hydrogens (tertiary/aromatic N) is 2. The Morgan fingerprint density at radius 1 is 1.16 bits per heavy atom. The normalized spacial score (nSPS) is 11.5. The average Bonchev–Trinajstić information content (AvgIpc) is 3.13. The molecule has 4 nitrogen and oxygen atoms in total. The SMILES string of the molecule is O=C(O)c1cccc(/C=C(/CCn2ccnc2)c2ccc(F)cc2)c1. The number of hydrogen-bond donors (Lipinski definition) is 1. The van der Waals surface area contributed by atoms with Crippen LogP contribution in [0.2, 0.25) is 0 Å². The van der Waals surface area contributed by atoms with Gasteiger partial charge in [-0.2, -0.15) is 0 Å². The molecule has 0 amide bonds. The number of allylic oxidation sites excluding steroid dienone is 1. The van der Waals surface area contributed by atoms with Crippen LogP contribution in [0.4, 0.5) is 4.39 Å². The fourth-order valence-electron chi connectivity index (χ4n) is 2.60. The summed E-state index contributed by atoms with van der Waals surface area (Å²) in [4.78, 5) is 15.2. The van der Waals surface area contributed by atoms with Crippen molar-refractivity contribution in [2.45, 2.75) is 13.0 Å². The van der Waals surface area contributed by atoms with E-state index in [1.165, 1.54) is 12.1 Å². The summed E-state index contributed by atoms with van der Waals surface area (Å²) in [5.41, 5.74) is 2.94. The highest BCUT2D eigenvalue weighted by Crippen LogP contribution is 2.23. The highest BCUT2D eigenvalue weighted by molar-refractivity contribution is 5.89. The first-order chi connectivity index (χ1) is 12.1. The fraction of sp³-hybridized carbons (Fsp3) is 0.100. The Morgan fingerprint density at radius 2 is 1.96 bits per heavy atom. The van der Waals surface area contributed by atoms with E-state index >= 15 is 0 Å². The van der Waals surface area contributed by atoms with Crippen molar-refractivity contribution in [2.75, 3.05) is 0 Å². The molecule has 0 saturated heterocycles. The molecule has 3 aromatic rings. The second-order valence-corrected chi connectivity index (χ2v) is 5.66. The van der Waals surface area contributed by atoms with Gasteiger partial charge in [-0.3, -0.25) is 0 Å². The number of rotatable bonds is 6. The Morgan fingerprint density at radius 3 is 2.64 bits per heavy atom. The second-order valence-electron chi connectivity index (χ2n) is 5.66. The van der Waals surface area contributed by atoms with Gasteiger partial charge in [-0.05, 0) is 47.4 Å². The first-order valence-corrected chi connectivity index (χ1v) is 7.87. The summed E-state index contributed by atoms with van der Waals surface area (Å²) < 4.78 is 15.2. The topological polar surface area (TPSA) is 55.1 Å². The van der Waals surface area contributed by atoms with Crippen LogP contribution >= 0.6 is 0 Å². The maximum absolute atomic E-state index is 13.2. The van der Waals surface area contributed by atoms with Crippen LogP contribution in [0.3, 0.4) is 0 Å². The van der Waals surface area contributed by atoms with E-state index in [-0.39, 0.29) is 11.4 Å². The van der Waals surface area contributed by atoms with E-state index in [1.807, 2.05) is 22.9 Å². The number of carboxylic acid groups (broad SMARTS) is 1. The lowest BCUT2D eigenvalue weighted by molar-refractivity contribution is 0.0697. The fourth-order valence-corrected chi connectivity index (χ4v) is 2.60. The Labute approximate surface area is 144 Å². The van der Waals surface area contributed by atoms with Gasteiger partial charge in [-0.25, -0.2) is 14.2 Å². The van der Waals surface area contributed by atoms with Gasteiger partial charge in [0.15, 0.2) is 0 Å². The molecule has 0 bridgehead atoms. The van der Waals surface area contributed by atoms with E-state index in [4.69, 9.17) is 5.11 Å². The molecule has 126 valence electrons. The van der Waals surface area contributed by atoms with Gasteiger partial charge in [0, 0.05) is 18.9 Å². The highest BCUT2D eigenvalue weighted by atomic mass is 19.1. The molecule has 0 spiro atoms. The largest absolute Gasteiger partial charge is 0.478 e. The lowest BCUT2D eigenvalue weighted by atomic mass is 9.99. The Balaban J connectivity index is 1.93. The minimum atomic E-state index is -0.961. The van der Waals surface area contributed by atoms with Gasteiger partial charge in [0.2, 0.25) is 0 Å². The number of benzene rings is 2. The van der Waals surface area contributed by atoms with Gasteiger partial charge in [-0.15, -0.1) is 0 Å². The Kier molecular flexibility index (Phi) is 5.04. The molecule has 3 rings (SSSR count).